The van der Waals surface area contributed by atoms with Crippen LogP contribution >= 0.6 is 0 Å². The highest BCUT2D eigenvalue weighted by Crippen LogP contribution is 2.23. The second kappa shape index (κ2) is 6.31. The average molecular weight is 243 g/mol. The molecule has 0 radical (unpaired) electrons. The van der Waals surface area contributed by atoms with Crippen molar-refractivity contribution in [3.05, 3.63) is 59.9 Å². The van der Waals surface area contributed by atoms with Gasteiger partial charge in [0.2, 0.25) is 0 Å². The molecule has 0 spiro atoms. The maximum atomic E-state index is 13.7. The first-order valence-corrected chi connectivity index (χ1v) is 6.36. The summed E-state index contributed by atoms with van der Waals surface area (Å²) in [6.07, 6.45) is 1.12. The summed E-state index contributed by atoms with van der Waals surface area (Å²) in [5.41, 5.74) is 2.78. The fourth-order valence-corrected chi connectivity index (χ4v) is 1.95. The fraction of sp³-hybridized carbons (Fsp3) is 0.250. The zero-order valence-corrected chi connectivity index (χ0v) is 10.6. The van der Waals surface area contributed by atoms with Crippen LogP contribution in [-0.2, 0) is 6.54 Å². The molecule has 0 unspecified atom stereocenters. The Bertz CT molecular complexity index is 508. The van der Waals surface area contributed by atoms with E-state index in [0.717, 1.165) is 25.1 Å². The van der Waals surface area contributed by atoms with Crippen LogP contribution in [0.15, 0.2) is 48.5 Å². The molecule has 0 aliphatic carbocycles. The van der Waals surface area contributed by atoms with Crippen LogP contribution in [0.5, 0.6) is 0 Å². The van der Waals surface area contributed by atoms with E-state index in [0.29, 0.717) is 5.56 Å². The van der Waals surface area contributed by atoms with Gasteiger partial charge >= 0.3 is 0 Å². The van der Waals surface area contributed by atoms with Crippen LogP contribution in [0.25, 0.3) is 11.1 Å². The van der Waals surface area contributed by atoms with E-state index < -0.39 is 0 Å². The molecule has 0 heterocycles. The summed E-state index contributed by atoms with van der Waals surface area (Å²) in [6, 6.07) is 14.9. The smallest absolute Gasteiger partial charge is 0.131 e. The molecule has 0 aliphatic rings. The van der Waals surface area contributed by atoms with Gasteiger partial charge in [-0.05, 0) is 36.2 Å². The van der Waals surface area contributed by atoms with E-state index in [1.165, 1.54) is 11.6 Å². The number of halogens is 1. The zero-order valence-electron chi connectivity index (χ0n) is 10.6. The van der Waals surface area contributed by atoms with Crippen molar-refractivity contribution in [3.8, 4) is 11.1 Å². The van der Waals surface area contributed by atoms with Crippen molar-refractivity contribution < 1.29 is 4.39 Å². The van der Waals surface area contributed by atoms with Gasteiger partial charge in [0, 0.05) is 12.1 Å². The number of rotatable bonds is 5. The summed E-state index contributed by atoms with van der Waals surface area (Å²) in [7, 11) is 0. The minimum atomic E-state index is -0.170. The second-order valence-electron chi connectivity index (χ2n) is 4.36. The molecule has 2 heteroatoms. The van der Waals surface area contributed by atoms with Crippen LogP contribution in [0.4, 0.5) is 4.39 Å². The van der Waals surface area contributed by atoms with Crippen LogP contribution in [0.1, 0.15) is 18.9 Å². The summed E-state index contributed by atoms with van der Waals surface area (Å²) >= 11 is 0. The molecule has 0 bridgehead atoms. The van der Waals surface area contributed by atoms with E-state index in [1.807, 2.05) is 30.3 Å². The lowest BCUT2D eigenvalue weighted by molar-refractivity contribution is 0.631. The van der Waals surface area contributed by atoms with Crippen molar-refractivity contribution in [3.63, 3.8) is 0 Å². The van der Waals surface area contributed by atoms with Gasteiger partial charge in [0.15, 0.2) is 0 Å². The van der Waals surface area contributed by atoms with Crippen molar-refractivity contribution in [1.29, 1.82) is 0 Å². The van der Waals surface area contributed by atoms with Gasteiger partial charge < -0.3 is 5.32 Å². The van der Waals surface area contributed by atoms with E-state index >= 15 is 0 Å². The lowest BCUT2D eigenvalue weighted by Gasteiger charge is -2.07. The SMILES string of the molecule is CCCNCc1cccc(-c2ccccc2F)c1. The first-order chi connectivity index (χ1) is 8.81. The summed E-state index contributed by atoms with van der Waals surface area (Å²) < 4.78 is 13.7. The van der Waals surface area contributed by atoms with E-state index in [2.05, 4.69) is 18.3 Å². The average Bonchev–Trinajstić information content (AvgIpc) is 2.40. The molecule has 0 atom stereocenters. The van der Waals surface area contributed by atoms with Gasteiger partial charge in [-0.3, -0.25) is 0 Å². The number of nitrogens with one attached hydrogen (secondary N) is 1. The minimum Gasteiger partial charge on any atom is -0.313 e. The van der Waals surface area contributed by atoms with E-state index in [-0.39, 0.29) is 5.82 Å². The molecule has 0 saturated carbocycles. The molecule has 2 rings (SSSR count). The molecule has 0 amide bonds. The van der Waals surface area contributed by atoms with E-state index in [9.17, 15) is 4.39 Å². The molecule has 18 heavy (non-hydrogen) atoms. The summed E-state index contributed by atoms with van der Waals surface area (Å²) in [5, 5.41) is 3.35. The number of hydrogen-bond acceptors (Lipinski definition) is 1. The predicted molar refractivity (Wildman–Crippen MR) is 73.8 cm³/mol. The molecule has 1 N–H and O–H groups in total. The maximum Gasteiger partial charge on any atom is 0.131 e. The lowest BCUT2D eigenvalue weighted by atomic mass is 10.0. The quantitative estimate of drug-likeness (QED) is 0.783. The highest BCUT2D eigenvalue weighted by atomic mass is 19.1. The van der Waals surface area contributed by atoms with Crippen LogP contribution in [0, 0.1) is 5.82 Å². The molecule has 0 saturated heterocycles. The van der Waals surface area contributed by atoms with E-state index in [4.69, 9.17) is 0 Å². The first-order valence-electron chi connectivity index (χ1n) is 6.36. The highest BCUT2D eigenvalue weighted by Gasteiger charge is 2.04. The Kier molecular flexibility index (Phi) is 4.48. The Morgan fingerprint density at radius 2 is 1.89 bits per heavy atom. The Labute approximate surface area is 108 Å². The number of benzene rings is 2. The van der Waals surface area contributed by atoms with Gasteiger partial charge in [0.05, 0.1) is 0 Å². The summed E-state index contributed by atoms with van der Waals surface area (Å²) in [6.45, 7) is 3.98. The largest absolute Gasteiger partial charge is 0.313 e. The van der Waals surface area contributed by atoms with Crippen LogP contribution < -0.4 is 5.32 Å². The van der Waals surface area contributed by atoms with Crippen LogP contribution in [0.3, 0.4) is 0 Å². The lowest BCUT2D eigenvalue weighted by Crippen LogP contribution is -2.13. The topological polar surface area (TPSA) is 12.0 Å². The maximum absolute atomic E-state index is 13.7. The Morgan fingerprint density at radius 3 is 2.67 bits per heavy atom. The fourth-order valence-electron chi connectivity index (χ4n) is 1.95. The second-order valence-corrected chi connectivity index (χ2v) is 4.36. The van der Waals surface area contributed by atoms with Crippen LogP contribution in [0.2, 0.25) is 0 Å². The van der Waals surface area contributed by atoms with Crippen molar-refractivity contribution in [1.82, 2.24) is 5.32 Å². The molecule has 2 aromatic rings. The zero-order chi connectivity index (χ0) is 12.8. The van der Waals surface area contributed by atoms with Crippen molar-refractivity contribution in [2.45, 2.75) is 19.9 Å². The highest BCUT2D eigenvalue weighted by molar-refractivity contribution is 5.64. The third kappa shape index (κ3) is 3.17. The third-order valence-electron chi connectivity index (χ3n) is 2.87. The standard InChI is InChI=1S/C16H18FN/c1-2-10-18-12-13-6-5-7-14(11-13)15-8-3-4-9-16(15)17/h3-9,11,18H,2,10,12H2,1H3. The molecule has 0 aliphatic heterocycles. The molecule has 2 aromatic carbocycles. The van der Waals surface area contributed by atoms with E-state index in [1.54, 1.807) is 6.07 Å². The van der Waals surface area contributed by atoms with Crippen molar-refractivity contribution in [2.24, 2.45) is 0 Å². The van der Waals surface area contributed by atoms with Crippen molar-refractivity contribution >= 4 is 0 Å². The van der Waals surface area contributed by atoms with Crippen LogP contribution in [-0.4, -0.2) is 6.54 Å². The summed E-state index contributed by atoms with van der Waals surface area (Å²) in [4.78, 5) is 0. The van der Waals surface area contributed by atoms with Gasteiger partial charge in [0.25, 0.3) is 0 Å². The van der Waals surface area contributed by atoms with Gasteiger partial charge in [-0.1, -0.05) is 43.3 Å². The third-order valence-corrected chi connectivity index (χ3v) is 2.87. The molecule has 0 aromatic heterocycles. The van der Waals surface area contributed by atoms with Gasteiger partial charge in [-0.2, -0.15) is 0 Å². The molecule has 1 nitrogen and oxygen atoms in total. The Balaban J connectivity index is 2.19. The Hall–Kier alpha value is -1.67. The number of hydrogen-bond donors (Lipinski definition) is 1. The molecule has 0 fully saturated rings. The monoisotopic (exact) mass is 243 g/mol. The summed E-state index contributed by atoms with van der Waals surface area (Å²) in [5.74, 6) is -0.170. The van der Waals surface area contributed by atoms with Gasteiger partial charge in [0.1, 0.15) is 5.82 Å². The predicted octanol–water partition coefficient (Wildman–Crippen LogP) is 3.99. The Morgan fingerprint density at radius 1 is 1.06 bits per heavy atom. The molecular formula is C16H18FN. The first kappa shape index (κ1) is 12.8. The minimum absolute atomic E-state index is 0.170. The normalized spacial score (nSPS) is 10.6. The van der Waals surface area contributed by atoms with Gasteiger partial charge in [-0.25, -0.2) is 4.39 Å². The molecular weight excluding hydrogens is 225 g/mol. The van der Waals surface area contributed by atoms with Crippen molar-refractivity contribution in [2.75, 3.05) is 6.54 Å². The molecule has 94 valence electrons. The van der Waals surface area contributed by atoms with Gasteiger partial charge in [-0.15, -0.1) is 0 Å².